The van der Waals surface area contributed by atoms with Gasteiger partial charge in [-0.1, -0.05) is 58.0 Å². The van der Waals surface area contributed by atoms with Crippen molar-refractivity contribution in [1.29, 1.82) is 0 Å². The summed E-state index contributed by atoms with van der Waals surface area (Å²) in [4.78, 5) is 181. The van der Waals surface area contributed by atoms with Gasteiger partial charge in [-0.25, -0.2) is 14.6 Å². The number of imidazole rings is 1. The van der Waals surface area contributed by atoms with Crippen LogP contribution in [-0.4, -0.2) is 201 Å². The number of guanidine groups is 1. The average Bonchev–Trinajstić information content (AvgIpc) is 1.78. The number of aromatic nitrogens is 3. The van der Waals surface area contributed by atoms with Gasteiger partial charge in [0.05, 0.1) is 6.33 Å². The van der Waals surface area contributed by atoms with Gasteiger partial charge in [-0.15, -0.1) is 0 Å². The number of aliphatic imine (C=N–C) groups is 1. The second-order valence-corrected chi connectivity index (χ2v) is 24.2. The highest BCUT2D eigenvalue weighted by Gasteiger charge is 2.40. The summed E-state index contributed by atoms with van der Waals surface area (Å²) in [5.74, 6) is -11.0. The zero-order chi connectivity index (χ0) is 69.3. The van der Waals surface area contributed by atoms with Gasteiger partial charge in [0.25, 0.3) is 0 Å². The number of esters is 1. The van der Waals surface area contributed by atoms with Crippen molar-refractivity contribution < 1.29 is 77.2 Å². The molecule has 6 rings (SSSR count). The van der Waals surface area contributed by atoms with Crippen LogP contribution in [0, 0.1) is 11.8 Å². The molecule has 32 nitrogen and oxygen atoms in total. The lowest BCUT2D eigenvalue weighted by molar-refractivity contribution is -0.154. The van der Waals surface area contributed by atoms with E-state index in [0.29, 0.717) is 47.1 Å². The predicted octanol–water partition coefficient (Wildman–Crippen LogP) is -1.79. The third-order valence-corrected chi connectivity index (χ3v) is 15.6. The standard InChI is InChI=1S/C63H88N16O16/c1-6-67-61(92)50-14-10-22-79(50)62(93)43(13-9-21-68-63(64)65)72-55(86)44(23-34(2)3)73-56(87)45(24-35(4)5)74-57(88)46(25-36-15-17-39(80)18-16-36)75-60(91)49(30-95-53(84)32-94-31-52(82)83)78-58(89)47(26-37-28-69-41-12-8-7-11-40(37)41)76-59(90)48(27-38-29-66-33-70-38)77-54(85)42-19-20-51(81)71-42/h7-8,11-12,15-18,28-29,33-35,42-50,69,80H,6,9-10,13-14,19-27,30-32H2,1-5H3,(H,66,70)(H,67,92)(H,71,81)(H,72,86)(H,73,87)(H,74,88)(H,75,91)(H,76,90)(H,77,85)(H,78,89)(H,82,83)(H4,64,65,68)/t42-,43-,44-,45+,46-,47-,48-,49-,50-/m0/s1. The van der Waals surface area contributed by atoms with Crippen LogP contribution in [0.25, 0.3) is 10.9 Å². The molecule has 9 atom stereocenters. The zero-order valence-electron chi connectivity index (χ0n) is 53.8. The van der Waals surface area contributed by atoms with Gasteiger partial charge in [0.15, 0.2) is 5.96 Å². The summed E-state index contributed by atoms with van der Waals surface area (Å²) in [5, 5.41) is 44.1. The number of aliphatic carboxylic acids is 1. The first-order valence-corrected chi connectivity index (χ1v) is 31.6. The van der Waals surface area contributed by atoms with Gasteiger partial charge in [0, 0.05) is 74.3 Å². The molecule has 17 N–H and O–H groups in total. The normalized spacial score (nSPS) is 16.6. The Balaban J connectivity index is 1.30. The number of amides is 10. The van der Waals surface area contributed by atoms with Crippen LogP contribution < -0.4 is 59.3 Å². The monoisotopic (exact) mass is 1320 g/mol. The first-order valence-electron chi connectivity index (χ1n) is 31.6. The Kier molecular flexibility index (Phi) is 28.3. The number of aromatic hydroxyl groups is 1. The number of carbonyl (C=O) groups excluding carboxylic acids is 11. The number of para-hydroxylation sites is 1. The van der Waals surface area contributed by atoms with Gasteiger partial charge < -0.3 is 93.9 Å². The van der Waals surface area contributed by atoms with Gasteiger partial charge in [-0.3, -0.25) is 52.9 Å². The van der Waals surface area contributed by atoms with Gasteiger partial charge in [-0.05, 0) is 93.0 Å². The summed E-state index contributed by atoms with van der Waals surface area (Å²) in [5.41, 5.74) is 13.1. The molecule has 0 radical (unpaired) electrons. The minimum atomic E-state index is -1.92. The summed E-state index contributed by atoms with van der Waals surface area (Å²) in [6.07, 6.45) is 5.10. The fraction of sp³-hybridized carbons (Fsp3) is 0.524. The Morgan fingerprint density at radius 1 is 0.705 bits per heavy atom. The maximum atomic E-state index is 15.0. The second kappa shape index (κ2) is 36.3. The van der Waals surface area contributed by atoms with Crippen molar-refractivity contribution in [1.82, 2.24) is 67.7 Å². The number of aromatic amines is 2. The summed E-state index contributed by atoms with van der Waals surface area (Å²) >= 11 is 0. The largest absolute Gasteiger partial charge is 0.508 e. The molecule has 2 fully saturated rings. The molecule has 4 aromatic rings. The predicted molar refractivity (Wildman–Crippen MR) is 342 cm³/mol. The molecule has 0 saturated carbocycles. The van der Waals surface area contributed by atoms with Crippen LogP contribution in [0.1, 0.15) is 103 Å². The van der Waals surface area contributed by atoms with Crippen LogP contribution in [-0.2, 0) is 86.3 Å². The number of likely N-dealkylation sites (N-methyl/N-ethyl adjacent to an activating group) is 1. The minimum absolute atomic E-state index is 0.0266. The molecule has 2 aromatic carbocycles. The number of nitrogens with two attached hydrogens (primary N) is 2. The lowest BCUT2D eigenvalue weighted by Crippen LogP contribution is -2.61. The molecule has 0 spiro atoms. The maximum Gasteiger partial charge on any atom is 0.332 e. The van der Waals surface area contributed by atoms with Gasteiger partial charge in [0.1, 0.15) is 79.9 Å². The van der Waals surface area contributed by atoms with Crippen molar-refractivity contribution in [3.05, 3.63) is 84.1 Å². The van der Waals surface area contributed by atoms with Crippen LogP contribution in [0.2, 0.25) is 0 Å². The smallest absolute Gasteiger partial charge is 0.332 e. The third-order valence-electron chi connectivity index (χ3n) is 15.6. The number of phenols is 1. The molecular formula is C63H88N16O16. The lowest BCUT2D eigenvalue weighted by atomic mass is 9.98. The van der Waals surface area contributed by atoms with E-state index in [0.717, 1.165) is 0 Å². The number of carbonyl (C=O) groups is 12. The minimum Gasteiger partial charge on any atom is -0.508 e. The number of hydrogen-bond donors (Lipinski definition) is 15. The Hall–Kier alpha value is -10.1. The molecule has 32 heteroatoms. The number of H-pyrrole nitrogens is 2. The van der Waals surface area contributed by atoms with Crippen LogP contribution in [0.3, 0.4) is 0 Å². The van der Waals surface area contributed by atoms with Crippen LogP contribution >= 0.6 is 0 Å². The van der Waals surface area contributed by atoms with Gasteiger partial charge in [-0.2, -0.15) is 0 Å². The number of carboxylic acid groups (broad SMARTS) is 1. The Labute approximate surface area is 548 Å². The molecule has 4 heterocycles. The van der Waals surface area contributed by atoms with Gasteiger partial charge in [0.2, 0.25) is 59.1 Å². The molecule has 0 unspecified atom stereocenters. The lowest BCUT2D eigenvalue weighted by Gasteiger charge is -2.31. The SMILES string of the molecule is CCNC(=O)[C@@H]1CCCN1C(=O)[C@H](CCCN=C(N)N)NC(=O)[C@H](CC(C)C)NC(=O)[C@@H](CC(C)C)NC(=O)[C@H](Cc1ccc(O)cc1)NC(=O)[C@H](COC(=O)COCC(=O)O)NC(=O)[C@H](Cc1c[nH]c2ccccc12)NC(=O)[C@H](Cc1cnc[nH]1)NC(=O)[C@@H]1CCC(=O)N1. The molecule has 516 valence electrons. The molecule has 10 amide bonds. The molecule has 2 aliphatic heterocycles. The number of fused-ring (bicyclic) bond motifs is 1. The van der Waals surface area contributed by atoms with E-state index in [9.17, 15) is 62.6 Å². The Morgan fingerprint density at radius 3 is 1.88 bits per heavy atom. The van der Waals surface area contributed by atoms with Crippen LogP contribution in [0.5, 0.6) is 5.75 Å². The number of ether oxygens (including phenoxy) is 2. The number of likely N-dealkylation sites (tertiary alicyclic amines) is 1. The third kappa shape index (κ3) is 23.4. The first-order chi connectivity index (χ1) is 45.3. The zero-order valence-corrected chi connectivity index (χ0v) is 53.8. The topological polar surface area (TPSA) is 484 Å². The highest BCUT2D eigenvalue weighted by Crippen LogP contribution is 2.23. The number of phenolic OH excluding ortho intramolecular Hbond substituents is 1. The summed E-state index contributed by atoms with van der Waals surface area (Å²) < 4.78 is 10.3. The Bertz CT molecular complexity index is 3350. The maximum absolute atomic E-state index is 15.0. The van der Waals surface area contributed by atoms with Gasteiger partial charge >= 0.3 is 11.9 Å². The average molecular weight is 1330 g/mol. The number of carboxylic acids is 1. The molecular weight excluding hydrogens is 1240 g/mol. The fourth-order valence-electron chi connectivity index (χ4n) is 10.9. The molecule has 2 saturated heterocycles. The van der Waals surface area contributed by atoms with Crippen molar-refractivity contribution >= 4 is 87.9 Å². The van der Waals surface area contributed by atoms with Crippen molar-refractivity contribution in [3.8, 4) is 5.75 Å². The van der Waals surface area contributed by atoms with E-state index in [1.54, 1.807) is 51.2 Å². The van der Waals surface area contributed by atoms with E-state index in [1.165, 1.54) is 41.7 Å². The van der Waals surface area contributed by atoms with E-state index in [4.69, 9.17) is 26.0 Å². The number of nitrogens with one attached hydrogen (secondary N) is 11. The molecule has 0 bridgehead atoms. The van der Waals surface area contributed by atoms with Crippen molar-refractivity contribution in [2.45, 2.75) is 160 Å². The van der Waals surface area contributed by atoms with Crippen LogP contribution in [0.4, 0.5) is 0 Å². The molecule has 95 heavy (non-hydrogen) atoms. The van der Waals surface area contributed by atoms with E-state index in [1.807, 2.05) is 13.8 Å². The quantitative estimate of drug-likeness (QED) is 0.0103. The molecule has 2 aliphatic rings. The summed E-state index contributed by atoms with van der Waals surface area (Å²) in [6, 6.07) is 0.448. The summed E-state index contributed by atoms with van der Waals surface area (Å²) in [6.45, 7) is 6.82. The Morgan fingerprint density at radius 2 is 1.29 bits per heavy atom. The molecule has 0 aliphatic carbocycles. The van der Waals surface area contributed by atoms with Crippen molar-refractivity contribution in [2.75, 3.05) is 39.5 Å². The van der Waals surface area contributed by atoms with E-state index >= 15 is 0 Å². The highest BCUT2D eigenvalue weighted by atomic mass is 16.6. The van der Waals surface area contributed by atoms with Crippen LogP contribution in [0.15, 0.2) is 72.2 Å². The fourth-order valence-corrected chi connectivity index (χ4v) is 10.9. The number of benzene rings is 2. The number of rotatable bonds is 37. The second-order valence-electron chi connectivity index (χ2n) is 24.2. The van der Waals surface area contributed by atoms with E-state index < -0.39 is 133 Å². The van der Waals surface area contributed by atoms with Crippen molar-refractivity contribution in [3.63, 3.8) is 0 Å². The first kappa shape index (κ1) is 73.9. The summed E-state index contributed by atoms with van der Waals surface area (Å²) in [7, 11) is 0. The highest BCUT2D eigenvalue weighted by molar-refractivity contribution is 5.99. The molecule has 2 aromatic heterocycles. The number of hydrogen-bond acceptors (Lipinski definition) is 17. The van der Waals surface area contributed by atoms with Crippen molar-refractivity contribution in [2.24, 2.45) is 28.3 Å². The number of nitrogens with zero attached hydrogens (tertiary/aromatic N) is 3. The van der Waals surface area contributed by atoms with E-state index in [2.05, 4.69) is 67.8 Å². The van der Waals surface area contributed by atoms with E-state index in [-0.39, 0.29) is 106 Å².